The van der Waals surface area contributed by atoms with Crippen molar-refractivity contribution in [2.45, 2.75) is 19.9 Å². The number of benzene rings is 5. The maximum Gasteiger partial charge on any atom is 0.0992 e. The summed E-state index contributed by atoms with van der Waals surface area (Å²) in [5.74, 6) is 0. The second kappa shape index (κ2) is 7.50. The quantitative estimate of drug-likeness (QED) is 0.244. The Morgan fingerprint density at radius 1 is 0.579 bits per heavy atom. The Bertz CT molecular complexity index is 2120. The second-order valence-electron chi connectivity index (χ2n) is 10.4. The smallest absolute Gasteiger partial charge is 0.0992 e. The average Bonchev–Trinajstić information content (AvgIpc) is 3.45. The van der Waals surface area contributed by atoms with E-state index in [1.165, 1.54) is 49.3 Å². The molecule has 8 rings (SSSR count). The van der Waals surface area contributed by atoms with Crippen LogP contribution in [0, 0.1) is 11.3 Å². The molecule has 0 fully saturated rings. The van der Waals surface area contributed by atoms with Crippen molar-refractivity contribution in [1.82, 2.24) is 9.13 Å². The molecule has 0 bridgehead atoms. The molecule has 3 heterocycles. The van der Waals surface area contributed by atoms with Crippen LogP contribution in [0.3, 0.4) is 0 Å². The Morgan fingerprint density at radius 3 is 2.08 bits per heavy atom. The van der Waals surface area contributed by atoms with Gasteiger partial charge < -0.3 is 14.0 Å². The molecular formula is C34H24N4. The largest absolute Gasteiger partial charge is 0.335 e. The summed E-state index contributed by atoms with van der Waals surface area (Å²) in [6.07, 6.45) is 0. The molecule has 2 aromatic heterocycles. The number of hydrogen-bond acceptors (Lipinski definition) is 2. The molecule has 0 amide bonds. The standard InChI is InChI=1S/C34H24N4/c1-21(2)36-30-14-8-12-25-27-19-31-26(24-11-6-7-13-28(24)37(31)23-9-4-3-5-10-23)18-32(27)38(34(25)30)29-16-15-22(20-35)17-33(29)36/h3-19,21H,1-2H3. The van der Waals surface area contributed by atoms with Gasteiger partial charge in [0.1, 0.15) is 0 Å². The van der Waals surface area contributed by atoms with Gasteiger partial charge in [0, 0.05) is 33.3 Å². The summed E-state index contributed by atoms with van der Waals surface area (Å²) in [5.41, 5.74) is 10.0. The van der Waals surface area contributed by atoms with Crippen molar-refractivity contribution in [2.75, 3.05) is 4.90 Å². The van der Waals surface area contributed by atoms with Crippen molar-refractivity contribution >= 4 is 55.0 Å². The fraction of sp³-hybridized carbons (Fsp3) is 0.0882. The zero-order valence-electron chi connectivity index (χ0n) is 21.2. The predicted octanol–water partition coefficient (Wildman–Crippen LogP) is 8.61. The Hall–Kier alpha value is -5.01. The first-order chi connectivity index (χ1) is 18.7. The Morgan fingerprint density at radius 2 is 1.29 bits per heavy atom. The average molecular weight is 489 g/mol. The molecule has 0 unspecified atom stereocenters. The van der Waals surface area contributed by atoms with Gasteiger partial charge in [0.2, 0.25) is 0 Å². The molecule has 38 heavy (non-hydrogen) atoms. The lowest BCUT2D eigenvalue weighted by molar-refractivity contribution is 0.781. The van der Waals surface area contributed by atoms with Gasteiger partial charge >= 0.3 is 0 Å². The molecule has 7 aromatic rings. The zero-order valence-corrected chi connectivity index (χ0v) is 21.2. The zero-order chi connectivity index (χ0) is 25.5. The highest BCUT2D eigenvalue weighted by Crippen LogP contribution is 2.48. The number of para-hydroxylation sites is 3. The summed E-state index contributed by atoms with van der Waals surface area (Å²) in [5, 5.41) is 14.6. The monoisotopic (exact) mass is 488 g/mol. The van der Waals surface area contributed by atoms with Gasteiger partial charge in [0.15, 0.2) is 0 Å². The normalized spacial score (nSPS) is 12.6. The van der Waals surface area contributed by atoms with Crippen molar-refractivity contribution in [2.24, 2.45) is 0 Å². The SMILES string of the molecule is CC(C)N1c2cc(C#N)ccc2-n2c3cc4c5ccccc5n(-c5ccccc5)c4cc3c3cccc1c32. The van der Waals surface area contributed by atoms with Gasteiger partial charge in [0.05, 0.1) is 50.8 Å². The lowest BCUT2D eigenvalue weighted by Gasteiger charge is -2.36. The number of aromatic nitrogens is 2. The first kappa shape index (κ1) is 21.1. The molecule has 0 saturated heterocycles. The lowest BCUT2D eigenvalue weighted by Crippen LogP contribution is -2.29. The van der Waals surface area contributed by atoms with E-state index < -0.39 is 0 Å². The van der Waals surface area contributed by atoms with E-state index in [0.717, 1.165) is 17.1 Å². The van der Waals surface area contributed by atoms with Crippen molar-refractivity contribution in [3.8, 4) is 17.4 Å². The molecular weight excluding hydrogens is 464 g/mol. The molecule has 0 radical (unpaired) electrons. The molecule has 1 aliphatic rings. The minimum atomic E-state index is 0.241. The third-order valence-corrected chi connectivity index (χ3v) is 7.95. The highest BCUT2D eigenvalue weighted by molar-refractivity contribution is 6.21. The fourth-order valence-electron chi connectivity index (χ4n) is 6.47. The van der Waals surface area contributed by atoms with E-state index >= 15 is 0 Å². The van der Waals surface area contributed by atoms with Gasteiger partial charge in [-0.3, -0.25) is 0 Å². The second-order valence-corrected chi connectivity index (χ2v) is 10.4. The van der Waals surface area contributed by atoms with E-state index in [1.807, 2.05) is 12.1 Å². The van der Waals surface area contributed by atoms with Crippen LogP contribution >= 0.6 is 0 Å². The van der Waals surface area contributed by atoms with Crippen molar-refractivity contribution in [3.63, 3.8) is 0 Å². The van der Waals surface area contributed by atoms with Gasteiger partial charge in [-0.1, -0.05) is 48.5 Å². The van der Waals surface area contributed by atoms with Crippen LogP contribution in [0.5, 0.6) is 0 Å². The summed E-state index contributed by atoms with van der Waals surface area (Å²) >= 11 is 0. The third kappa shape index (κ3) is 2.63. The molecule has 4 heteroatoms. The van der Waals surface area contributed by atoms with Crippen LogP contribution in [-0.4, -0.2) is 15.2 Å². The number of nitriles is 1. The maximum absolute atomic E-state index is 9.68. The van der Waals surface area contributed by atoms with Crippen LogP contribution in [0.1, 0.15) is 19.4 Å². The van der Waals surface area contributed by atoms with Gasteiger partial charge in [-0.05, 0) is 68.4 Å². The van der Waals surface area contributed by atoms with Crippen LogP contribution in [-0.2, 0) is 0 Å². The number of rotatable bonds is 2. The van der Waals surface area contributed by atoms with Crippen LogP contribution in [0.4, 0.5) is 11.4 Å². The van der Waals surface area contributed by atoms with E-state index in [9.17, 15) is 5.26 Å². The summed E-state index contributed by atoms with van der Waals surface area (Å²) in [4.78, 5) is 2.37. The van der Waals surface area contributed by atoms with E-state index in [1.54, 1.807) is 0 Å². The maximum atomic E-state index is 9.68. The van der Waals surface area contributed by atoms with Gasteiger partial charge in [-0.15, -0.1) is 0 Å². The summed E-state index contributed by atoms with van der Waals surface area (Å²) in [6.45, 7) is 4.42. The van der Waals surface area contributed by atoms with E-state index in [4.69, 9.17) is 0 Å². The van der Waals surface area contributed by atoms with Crippen LogP contribution in [0.2, 0.25) is 0 Å². The minimum Gasteiger partial charge on any atom is -0.335 e. The van der Waals surface area contributed by atoms with Crippen LogP contribution in [0.25, 0.3) is 55.0 Å². The molecule has 0 aliphatic carbocycles. The van der Waals surface area contributed by atoms with Gasteiger partial charge in [-0.25, -0.2) is 0 Å². The molecule has 1 aliphatic heterocycles. The van der Waals surface area contributed by atoms with Crippen molar-refractivity contribution in [1.29, 1.82) is 5.26 Å². The highest BCUT2D eigenvalue weighted by atomic mass is 15.2. The summed E-state index contributed by atoms with van der Waals surface area (Å²) < 4.78 is 4.79. The molecule has 0 spiro atoms. The van der Waals surface area contributed by atoms with Crippen molar-refractivity contribution in [3.05, 3.63) is 109 Å². The van der Waals surface area contributed by atoms with Crippen LogP contribution in [0.15, 0.2) is 103 Å². The number of hydrogen-bond donors (Lipinski definition) is 0. The number of anilines is 2. The molecule has 4 nitrogen and oxygen atoms in total. The number of fused-ring (bicyclic) bond motifs is 8. The lowest BCUT2D eigenvalue weighted by atomic mass is 10.1. The van der Waals surface area contributed by atoms with Gasteiger partial charge in [-0.2, -0.15) is 5.26 Å². The molecule has 180 valence electrons. The topological polar surface area (TPSA) is 36.9 Å². The Kier molecular flexibility index (Phi) is 4.17. The molecule has 0 atom stereocenters. The van der Waals surface area contributed by atoms with Crippen molar-refractivity contribution < 1.29 is 0 Å². The summed E-state index contributed by atoms with van der Waals surface area (Å²) in [6, 6.07) is 39.3. The van der Waals surface area contributed by atoms with E-state index in [-0.39, 0.29) is 6.04 Å². The molecule has 5 aromatic carbocycles. The highest BCUT2D eigenvalue weighted by Gasteiger charge is 2.29. The third-order valence-electron chi connectivity index (χ3n) is 7.95. The molecule has 0 saturated carbocycles. The Labute approximate surface area is 220 Å². The summed E-state index contributed by atoms with van der Waals surface area (Å²) in [7, 11) is 0. The first-order valence-electron chi connectivity index (χ1n) is 13.1. The predicted molar refractivity (Wildman–Crippen MR) is 157 cm³/mol. The van der Waals surface area contributed by atoms with Crippen LogP contribution < -0.4 is 4.90 Å². The Balaban J connectivity index is 1.58. The molecule has 0 N–H and O–H groups in total. The first-order valence-corrected chi connectivity index (χ1v) is 13.1. The van der Waals surface area contributed by atoms with E-state index in [2.05, 4.69) is 125 Å². The van der Waals surface area contributed by atoms with Gasteiger partial charge in [0.25, 0.3) is 0 Å². The fourth-order valence-corrected chi connectivity index (χ4v) is 6.47. The van der Waals surface area contributed by atoms with E-state index in [0.29, 0.717) is 5.56 Å². The minimum absolute atomic E-state index is 0.241. The number of nitrogens with zero attached hydrogens (tertiary/aromatic N) is 4.